The van der Waals surface area contributed by atoms with Gasteiger partial charge in [-0.3, -0.25) is 0 Å². The highest BCUT2D eigenvalue weighted by Gasteiger charge is 2.28. The van der Waals surface area contributed by atoms with Crippen LogP contribution in [0.3, 0.4) is 0 Å². The number of methoxy groups -OCH3 is 1. The van der Waals surface area contributed by atoms with E-state index in [2.05, 4.69) is 4.74 Å². The van der Waals surface area contributed by atoms with Gasteiger partial charge >= 0.3 is 7.12 Å². The number of fused-ring (bicyclic) bond motifs is 1. The Balaban J connectivity index is 1.96. The van der Waals surface area contributed by atoms with E-state index in [4.69, 9.17) is 9.39 Å². The van der Waals surface area contributed by atoms with Crippen molar-refractivity contribution in [2.24, 2.45) is 0 Å². The maximum atomic E-state index is 13.8. The summed E-state index contributed by atoms with van der Waals surface area (Å²) in [5.41, 5.74) is 1.22. The Labute approximate surface area is 124 Å². The highest BCUT2D eigenvalue weighted by atomic mass is 19.2. The smallest absolute Gasteiger partial charge is 0.491 e. The lowest BCUT2D eigenvalue weighted by Crippen LogP contribution is -2.27. The summed E-state index contributed by atoms with van der Waals surface area (Å²) in [6.07, 6.45) is 0. The third-order valence-corrected chi connectivity index (χ3v) is 3.30. The molecule has 0 atom stereocenters. The molecule has 0 bridgehead atoms. The second-order valence-electron chi connectivity index (χ2n) is 4.64. The molecular formula is C14H10BF3O4. The first-order chi connectivity index (χ1) is 10.5. The second kappa shape index (κ2) is 5.55. The van der Waals surface area contributed by atoms with Crippen molar-refractivity contribution in [3.05, 3.63) is 47.3 Å². The Hall–Kier alpha value is -2.19. The molecule has 0 amide bonds. The van der Waals surface area contributed by atoms with Gasteiger partial charge in [-0.1, -0.05) is 6.07 Å². The predicted octanol–water partition coefficient (Wildman–Crippen LogP) is 2.12. The third kappa shape index (κ3) is 2.40. The molecule has 0 aromatic heterocycles. The van der Waals surface area contributed by atoms with E-state index in [1.165, 1.54) is 12.1 Å². The van der Waals surface area contributed by atoms with Gasteiger partial charge in [0.05, 0.1) is 13.7 Å². The van der Waals surface area contributed by atoms with Crippen LogP contribution in [0.25, 0.3) is 0 Å². The Morgan fingerprint density at radius 3 is 2.68 bits per heavy atom. The van der Waals surface area contributed by atoms with Crippen molar-refractivity contribution in [3.8, 4) is 17.2 Å². The maximum absolute atomic E-state index is 13.8. The fraction of sp³-hybridized carbons (Fsp3) is 0.143. The zero-order valence-electron chi connectivity index (χ0n) is 11.4. The SMILES string of the molecule is COc1c(F)cc(Oc2ccc3c(c2)B(O)OC3)c(F)c1F. The first-order valence-electron chi connectivity index (χ1n) is 6.33. The summed E-state index contributed by atoms with van der Waals surface area (Å²) in [5.74, 6) is -5.24. The van der Waals surface area contributed by atoms with Gasteiger partial charge in [-0.15, -0.1) is 0 Å². The van der Waals surface area contributed by atoms with Crippen LogP contribution in [0, 0.1) is 17.5 Å². The van der Waals surface area contributed by atoms with E-state index in [9.17, 15) is 18.2 Å². The zero-order chi connectivity index (χ0) is 15.9. The molecule has 0 saturated carbocycles. The lowest BCUT2D eigenvalue weighted by Gasteiger charge is -2.11. The summed E-state index contributed by atoms with van der Waals surface area (Å²) in [4.78, 5) is 0. The molecule has 1 heterocycles. The van der Waals surface area contributed by atoms with Gasteiger partial charge in [0.15, 0.2) is 17.3 Å². The molecule has 0 spiro atoms. The van der Waals surface area contributed by atoms with Crippen LogP contribution in [-0.4, -0.2) is 19.3 Å². The van der Waals surface area contributed by atoms with Gasteiger partial charge in [0.2, 0.25) is 11.6 Å². The molecule has 114 valence electrons. The second-order valence-corrected chi connectivity index (χ2v) is 4.64. The largest absolute Gasteiger partial charge is 0.491 e. The minimum absolute atomic E-state index is 0.117. The molecule has 1 aliphatic heterocycles. The van der Waals surface area contributed by atoms with Gasteiger partial charge in [-0.2, -0.15) is 8.78 Å². The highest BCUT2D eigenvalue weighted by Crippen LogP contribution is 2.33. The van der Waals surface area contributed by atoms with Crippen LogP contribution in [0.2, 0.25) is 0 Å². The molecule has 2 aromatic carbocycles. The Bertz CT molecular complexity index is 739. The van der Waals surface area contributed by atoms with E-state index in [1.54, 1.807) is 6.07 Å². The molecule has 4 nitrogen and oxygen atoms in total. The summed E-state index contributed by atoms with van der Waals surface area (Å²) < 4.78 is 55.7. The van der Waals surface area contributed by atoms with Gasteiger partial charge in [-0.05, 0) is 23.2 Å². The molecule has 0 fully saturated rings. The van der Waals surface area contributed by atoms with Gasteiger partial charge in [0, 0.05) is 6.07 Å². The zero-order valence-corrected chi connectivity index (χ0v) is 11.4. The van der Waals surface area contributed by atoms with E-state index < -0.39 is 36.1 Å². The van der Waals surface area contributed by atoms with Gasteiger partial charge in [-0.25, -0.2) is 4.39 Å². The van der Waals surface area contributed by atoms with E-state index in [0.717, 1.165) is 12.7 Å². The molecule has 1 N–H and O–H groups in total. The Kier molecular flexibility index (Phi) is 3.72. The van der Waals surface area contributed by atoms with Crippen LogP contribution in [0.5, 0.6) is 17.2 Å². The normalized spacial score (nSPS) is 13.2. The number of rotatable bonds is 3. The highest BCUT2D eigenvalue weighted by molar-refractivity contribution is 6.61. The topological polar surface area (TPSA) is 47.9 Å². The maximum Gasteiger partial charge on any atom is 0.491 e. The first-order valence-corrected chi connectivity index (χ1v) is 6.33. The fourth-order valence-corrected chi connectivity index (χ4v) is 2.20. The third-order valence-electron chi connectivity index (χ3n) is 3.30. The van der Waals surface area contributed by atoms with Crippen molar-refractivity contribution in [1.82, 2.24) is 0 Å². The summed E-state index contributed by atoms with van der Waals surface area (Å²) in [6.45, 7) is 0.247. The quantitative estimate of drug-likeness (QED) is 0.697. The molecular weight excluding hydrogens is 300 g/mol. The molecule has 3 rings (SSSR count). The van der Waals surface area contributed by atoms with Crippen molar-refractivity contribution in [1.29, 1.82) is 0 Å². The number of hydrogen-bond acceptors (Lipinski definition) is 4. The average molecular weight is 310 g/mol. The average Bonchev–Trinajstić information content (AvgIpc) is 2.86. The van der Waals surface area contributed by atoms with Crippen LogP contribution >= 0.6 is 0 Å². The van der Waals surface area contributed by atoms with Crippen molar-refractivity contribution >= 4 is 12.6 Å². The van der Waals surface area contributed by atoms with Gasteiger partial charge < -0.3 is 19.2 Å². The number of hydrogen-bond donors (Lipinski definition) is 1. The summed E-state index contributed by atoms with van der Waals surface area (Å²) in [5, 5.41) is 9.59. The van der Waals surface area contributed by atoms with Crippen molar-refractivity contribution < 1.29 is 32.3 Å². The van der Waals surface area contributed by atoms with E-state index >= 15 is 0 Å². The monoisotopic (exact) mass is 310 g/mol. The Morgan fingerprint density at radius 2 is 1.95 bits per heavy atom. The molecule has 0 radical (unpaired) electrons. The minimum atomic E-state index is -1.47. The molecule has 2 aromatic rings. The van der Waals surface area contributed by atoms with Gasteiger partial charge in [0.1, 0.15) is 5.75 Å². The van der Waals surface area contributed by atoms with Crippen molar-refractivity contribution in [3.63, 3.8) is 0 Å². The number of ether oxygens (including phenoxy) is 2. The first kappa shape index (κ1) is 14.7. The van der Waals surface area contributed by atoms with Crippen LogP contribution < -0.4 is 14.9 Å². The fourth-order valence-electron chi connectivity index (χ4n) is 2.20. The standard InChI is InChI=1S/C14H10BF3O4/c1-20-14-10(16)5-11(12(17)13(14)18)22-8-3-2-7-6-21-15(19)9(7)4-8/h2-5,19H,6H2,1H3. The summed E-state index contributed by atoms with van der Waals surface area (Å²) in [6, 6.07) is 5.22. The molecule has 0 aliphatic carbocycles. The predicted molar refractivity (Wildman–Crippen MR) is 71.8 cm³/mol. The van der Waals surface area contributed by atoms with Gasteiger partial charge in [0.25, 0.3) is 0 Å². The minimum Gasteiger partial charge on any atom is -0.491 e. The molecule has 22 heavy (non-hydrogen) atoms. The lowest BCUT2D eigenvalue weighted by molar-refractivity contribution is 0.275. The van der Waals surface area contributed by atoms with E-state index in [1.807, 2.05) is 0 Å². The summed E-state index contributed by atoms with van der Waals surface area (Å²) >= 11 is 0. The van der Waals surface area contributed by atoms with Crippen molar-refractivity contribution in [2.45, 2.75) is 6.61 Å². The summed E-state index contributed by atoms with van der Waals surface area (Å²) in [7, 11) is -0.0728. The van der Waals surface area contributed by atoms with Crippen LogP contribution in [0.1, 0.15) is 5.56 Å². The van der Waals surface area contributed by atoms with E-state index in [0.29, 0.717) is 11.5 Å². The van der Waals surface area contributed by atoms with E-state index in [-0.39, 0.29) is 12.4 Å². The molecule has 0 saturated heterocycles. The number of benzene rings is 2. The molecule has 1 aliphatic rings. The lowest BCUT2D eigenvalue weighted by atomic mass is 9.79. The van der Waals surface area contributed by atoms with Crippen molar-refractivity contribution in [2.75, 3.05) is 7.11 Å². The number of halogens is 3. The molecule has 8 heteroatoms. The van der Waals surface area contributed by atoms with Crippen LogP contribution in [0.15, 0.2) is 24.3 Å². The Morgan fingerprint density at radius 1 is 1.18 bits per heavy atom. The molecule has 0 unspecified atom stereocenters. The van der Waals surface area contributed by atoms with Crippen LogP contribution in [-0.2, 0) is 11.3 Å². The van der Waals surface area contributed by atoms with Crippen LogP contribution in [0.4, 0.5) is 13.2 Å².